The van der Waals surface area contributed by atoms with Crippen LogP contribution in [0.3, 0.4) is 0 Å². The van der Waals surface area contributed by atoms with Gasteiger partial charge in [0.1, 0.15) is 0 Å². The van der Waals surface area contributed by atoms with E-state index in [-0.39, 0.29) is 11.3 Å². The number of amides is 1. The minimum Gasteiger partial charge on any atom is -0.481 e. The summed E-state index contributed by atoms with van der Waals surface area (Å²) in [6.45, 7) is -0.661. The number of hydrogen-bond acceptors (Lipinski definition) is 3. The lowest BCUT2D eigenvalue weighted by molar-refractivity contribution is -0.142. The van der Waals surface area contributed by atoms with E-state index in [4.69, 9.17) is 9.84 Å². The number of hydrogen-bond donors (Lipinski definition) is 2. The molecule has 2 aromatic rings. The molecule has 132 valence electrons. The van der Waals surface area contributed by atoms with Crippen molar-refractivity contribution in [2.75, 3.05) is 6.61 Å². The number of carboxylic acids is 1. The van der Waals surface area contributed by atoms with Crippen molar-refractivity contribution in [2.45, 2.75) is 6.04 Å². The van der Waals surface area contributed by atoms with Gasteiger partial charge in [-0.15, -0.1) is 0 Å². The highest BCUT2D eigenvalue weighted by atomic mass is 79.9. The summed E-state index contributed by atoms with van der Waals surface area (Å²) in [5, 5.41) is 11.3. The second-order valence-corrected chi connectivity index (χ2v) is 5.79. The molecule has 0 saturated carbocycles. The van der Waals surface area contributed by atoms with Crippen molar-refractivity contribution in [3.05, 3.63) is 63.9 Å². The average Bonchev–Trinajstić information content (AvgIpc) is 2.54. The van der Waals surface area contributed by atoms with Crippen LogP contribution in [0, 0.1) is 17.5 Å². The van der Waals surface area contributed by atoms with Crippen molar-refractivity contribution in [2.24, 2.45) is 0 Å². The monoisotopic (exact) mass is 417 g/mol. The predicted octanol–water partition coefficient (Wildman–Crippen LogP) is 3.19. The number of aliphatic carboxylic acids is 1. The van der Waals surface area contributed by atoms with Gasteiger partial charge in [0.25, 0.3) is 5.91 Å². The van der Waals surface area contributed by atoms with Crippen molar-refractivity contribution < 1.29 is 32.6 Å². The maximum Gasteiger partial charge on any atom is 0.330 e. The zero-order valence-corrected chi connectivity index (χ0v) is 14.0. The van der Waals surface area contributed by atoms with Crippen LogP contribution in [-0.4, -0.2) is 23.6 Å². The third-order valence-corrected chi connectivity index (χ3v) is 3.58. The van der Waals surface area contributed by atoms with E-state index in [2.05, 4.69) is 21.2 Å². The number of ether oxygens (including phenoxy) is 1. The molecule has 2 N–H and O–H groups in total. The van der Waals surface area contributed by atoms with Crippen LogP contribution in [0.2, 0.25) is 0 Å². The van der Waals surface area contributed by atoms with Crippen LogP contribution < -0.4 is 10.1 Å². The molecule has 0 heterocycles. The Balaban J connectivity index is 2.05. The number of nitrogens with one attached hydrogen (secondary N) is 1. The Bertz CT molecular complexity index is 816. The second kappa shape index (κ2) is 8.02. The molecule has 1 atom stereocenters. The van der Waals surface area contributed by atoms with Gasteiger partial charge in [0.05, 0.1) is 0 Å². The maximum absolute atomic E-state index is 13.6. The molecule has 0 aromatic heterocycles. The van der Waals surface area contributed by atoms with Gasteiger partial charge in [-0.3, -0.25) is 4.79 Å². The van der Waals surface area contributed by atoms with Crippen molar-refractivity contribution in [1.29, 1.82) is 0 Å². The van der Waals surface area contributed by atoms with Crippen LogP contribution in [0.1, 0.15) is 11.6 Å². The standard InChI is InChI=1S/C16H11BrF3NO4/c17-9-2-4-13(12(20)6-9)25-7-14(22)21-15(16(23)24)8-1-3-10(18)11(19)5-8/h1-6,15H,7H2,(H,21,22)(H,23,24)/t15-/m0/s1. The van der Waals surface area contributed by atoms with Gasteiger partial charge in [0.15, 0.2) is 35.8 Å². The van der Waals surface area contributed by atoms with E-state index in [9.17, 15) is 22.8 Å². The molecule has 0 aliphatic carbocycles. The first-order valence-corrected chi connectivity index (χ1v) is 7.62. The molecule has 0 aliphatic rings. The summed E-state index contributed by atoms with van der Waals surface area (Å²) in [7, 11) is 0. The van der Waals surface area contributed by atoms with Crippen LogP contribution in [0.4, 0.5) is 13.2 Å². The van der Waals surface area contributed by atoms with Crippen LogP contribution in [0.25, 0.3) is 0 Å². The Morgan fingerprint density at radius 1 is 1.08 bits per heavy atom. The number of halogens is 4. The lowest BCUT2D eigenvalue weighted by atomic mass is 10.1. The molecule has 5 nitrogen and oxygen atoms in total. The second-order valence-electron chi connectivity index (χ2n) is 4.88. The van der Waals surface area contributed by atoms with Gasteiger partial charge in [-0.25, -0.2) is 18.0 Å². The molecule has 25 heavy (non-hydrogen) atoms. The Morgan fingerprint density at radius 2 is 1.80 bits per heavy atom. The predicted molar refractivity (Wildman–Crippen MR) is 84.5 cm³/mol. The fraction of sp³-hybridized carbons (Fsp3) is 0.125. The molecule has 2 rings (SSSR count). The first-order chi connectivity index (χ1) is 11.8. The van der Waals surface area contributed by atoms with Crippen LogP contribution >= 0.6 is 15.9 Å². The van der Waals surface area contributed by atoms with Crippen molar-refractivity contribution in [3.8, 4) is 5.75 Å². The Labute approximate surface area is 148 Å². The number of carbonyl (C=O) groups is 2. The summed E-state index contributed by atoms with van der Waals surface area (Å²) >= 11 is 3.06. The number of rotatable bonds is 6. The van der Waals surface area contributed by atoms with E-state index in [1.165, 1.54) is 12.1 Å². The van der Waals surface area contributed by atoms with E-state index in [0.717, 1.165) is 18.2 Å². The molecule has 9 heteroatoms. The topological polar surface area (TPSA) is 75.6 Å². The molecule has 1 amide bonds. The fourth-order valence-electron chi connectivity index (χ4n) is 1.92. The average molecular weight is 418 g/mol. The first kappa shape index (κ1) is 18.8. The van der Waals surface area contributed by atoms with Gasteiger partial charge in [0.2, 0.25) is 0 Å². The third kappa shape index (κ3) is 4.96. The van der Waals surface area contributed by atoms with E-state index >= 15 is 0 Å². The molecular formula is C16H11BrF3NO4. The number of carboxylic acid groups (broad SMARTS) is 1. The largest absolute Gasteiger partial charge is 0.481 e. The zero-order valence-electron chi connectivity index (χ0n) is 12.4. The molecule has 0 fully saturated rings. The highest BCUT2D eigenvalue weighted by Crippen LogP contribution is 2.21. The Morgan fingerprint density at radius 3 is 2.40 bits per heavy atom. The molecule has 0 spiro atoms. The smallest absolute Gasteiger partial charge is 0.330 e. The van der Waals surface area contributed by atoms with Gasteiger partial charge < -0.3 is 15.2 Å². The van der Waals surface area contributed by atoms with Gasteiger partial charge in [-0.05, 0) is 35.9 Å². The third-order valence-electron chi connectivity index (χ3n) is 3.08. The summed E-state index contributed by atoms with van der Waals surface area (Å²) in [4.78, 5) is 23.1. The summed E-state index contributed by atoms with van der Waals surface area (Å²) < 4.78 is 45.2. The first-order valence-electron chi connectivity index (χ1n) is 6.83. The molecule has 0 aliphatic heterocycles. The maximum atomic E-state index is 13.6. The molecule has 0 saturated heterocycles. The van der Waals surface area contributed by atoms with E-state index in [1.807, 2.05) is 0 Å². The summed E-state index contributed by atoms with van der Waals surface area (Å²) in [6.07, 6.45) is 0. The Kier molecular flexibility index (Phi) is 6.02. The van der Waals surface area contributed by atoms with Crippen molar-refractivity contribution in [1.82, 2.24) is 5.32 Å². The lowest BCUT2D eigenvalue weighted by Crippen LogP contribution is -2.36. The van der Waals surface area contributed by atoms with Crippen LogP contribution in [0.15, 0.2) is 40.9 Å². The number of carbonyl (C=O) groups excluding carboxylic acids is 1. The van der Waals surface area contributed by atoms with Gasteiger partial charge >= 0.3 is 5.97 Å². The molecule has 0 radical (unpaired) electrons. The van der Waals surface area contributed by atoms with E-state index in [1.54, 1.807) is 0 Å². The Hall–Kier alpha value is -2.55. The van der Waals surface area contributed by atoms with Crippen molar-refractivity contribution >= 4 is 27.8 Å². The fourth-order valence-corrected chi connectivity index (χ4v) is 2.25. The molecule has 0 unspecified atom stereocenters. The minimum absolute atomic E-state index is 0.158. The SMILES string of the molecule is O=C(COc1ccc(Br)cc1F)N[C@H](C(=O)O)c1ccc(F)c(F)c1. The molecule has 2 aromatic carbocycles. The highest BCUT2D eigenvalue weighted by Gasteiger charge is 2.23. The quantitative estimate of drug-likeness (QED) is 0.756. The van der Waals surface area contributed by atoms with Crippen LogP contribution in [-0.2, 0) is 9.59 Å². The summed E-state index contributed by atoms with van der Waals surface area (Å²) in [5.41, 5.74) is -0.158. The van der Waals surface area contributed by atoms with Gasteiger partial charge in [-0.1, -0.05) is 22.0 Å². The van der Waals surface area contributed by atoms with Crippen LogP contribution in [0.5, 0.6) is 5.75 Å². The van der Waals surface area contributed by atoms with E-state index in [0.29, 0.717) is 10.5 Å². The minimum atomic E-state index is -1.61. The number of benzene rings is 2. The summed E-state index contributed by atoms with van der Waals surface area (Å²) in [5.74, 6) is -5.65. The molecule has 0 bridgehead atoms. The molecular weight excluding hydrogens is 407 g/mol. The zero-order chi connectivity index (χ0) is 18.6. The van der Waals surface area contributed by atoms with Gasteiger partial charge in [0, 0.05) is 4.47 Å². The highest BCUT2D eigenvalue weighted by molar-refractivity contribution is 9.10. The lowest BCUT2D eigenvalue weighted by Gasteiger charge is -2.15. The van der Waals surface area contributed by atoms with E-state index < -0.39 is 42.0 Å². The van der Waals surface area contributed by atoms with Crippen molar-refractivity contribution in [3.63, 3.8) is 0 Å². The summed E-state index contributed by atoms with van der Waals surface area (Å²) in [6, 6.07) is 4.76. The van der Waals surface area contributed by atoms with Gasteiger partial charge in [-0.2, -0.15) is 0 Å². The normalized spacial score (nSPS) is 11.7.